The average molecular weight is 255 g/mol. The average Bonchev–Trinajstić information content (AvgIpc) is 2.83. The molecular weight excluding hydrogens is 238 g/mol. The largest absolute Gasteiger partial charge is 0.378 e. The molecule has 4 nitrogen and oxygen atoms in total. The summed E-state index contributed by atoms with van der Waals surface area (Å²) in [7, 11) is -3.36. The van der Waals surface area contributed by atoms with Gasteiger partial charge in [0.05, 0.1) is 11.0 Å². The van der Waals surface area contributed by atoms with E-state index in [-0.39, 0.29) is 6.10 Å². The minimum atomic E-state index is -3.36. The number of sulfonamides is 1. The summed E-state index contributed by atoms with van der Waals surface area (Å²) in [4.78, 5) is 0.312. The van der Waals surface area contributed by atoms with E-state index in [0.717, 1.165) is 25.9 Å². The van der Waals surface area contributed by atoms with Gasteiger partial charge in [0, 0.05) is 13.2 Å². The minimum Gasteiger partial charge on any atom is -0.378 e. The van der Waals surface area contributed by atoms with Crippen molar-refractivity contribution in [1.29, 1.82) is 0 Å². The van der Waals surface area contributed by atoms with E-state index in [1.807, 2.05) is 0 Å². The molecule has 17 heavy (non-hydrogen) atoms. The number of hydrogen-bond donors (Lipinski definition) is 1. The van der Waals surface area contributed by atoms with Gasteiger partial charge in [0.2, 0.25) is 10.0 Å². The molecule has 0 amide bonds. The third kappa shape index (κ3) is 3.52. The van der Waals surface area contributed by atoms with Crippen molar-refractivity contribution in [1.82, 2.24) is 4.72 Å². The first kappa shape index (κ1) is 12.5. The Hall–Kier alpha value is -0.910. The molecular formula is C12H17NO3S. The van der Waals surface area contributed by atoms with Crippen LogP contribution < -0.4 is 4.72 Å². The fourth-order valence-electron chi connectivity index (χ4n) is 1.91. The summed E-state index contributed by atoms with van der Waals surface area (Å²) >= 11 is 0. The number of benzene rings is 1. The van der Waals surface area contributed by atoms with Crippen LogP contribution in [0.4, 0.5) is 0 Å². The van der Waals surface area contributed by atoms with Crippen LogP contribution in [-0.4, -0.2) is 27.7 Å². The Morgan fingerprint density at radius 3 is 2.71 bits per heavy atom. The lowest BCUT2D eigenvalue weighted by molar-refractivity contribution is 0.105. The molecule has 1 aromatic carbocycles. The molecule has 2 rings (SSSR count). The highest BCUT2D eigenvalue weighted by Crippen LogP contribution is 2.15. The minimum absolute atomic E-state index is 0.216. The number of ether oxygens (including phenoxy) is 1. The summed E-state index contributed by atoms with van der Waals surface area (Å²) in [6.45, 7) is 1.23. The maximum absolute atomic E-state index is 11.9. The van der Waals surface area contributed by atoms with E-state index in [9.17, 15) is 8.42 Å². The third-order valence-corrected chi connectivity index (χ3v) is 4.31. The van der Waals surface area contributed by atoms with E-state index in [0.29, 0.717) is 11.4 Å². The highest BCUT2D eigenvalue weighted by molar-refractivity contribution is 7.89. The Bertz CT molecular complexity index is 438. The molecule has 1 aromatic rings. The zero-order valence-corrected chi connectivity index (χ0v) is 10.4. The van der Waals surface area contributed by atoms with Crippen LogP contribution in [0.2, 0.25) is 0 Å². The van der Waals surface area contributed by atoms with Crippen molar-refractivity contribution < 1.29 is 13.2 Å². The fourth-order valence-corrected chi connectivity index (χ4v) is 2.98. The molecule has 1 heterocycles. The Morgan fingerprint density at radius 1 is 1.29 bits per heavy atom. The maximum atomic E-state index is 11.9. The van der Waals surface area contributed by atoms with E-state index >= 15 is 0 Å². The molecule has 0 unspecified atom stereocenters. The lowest BCUT2D eigenvalue weighted by Gasteiger charge is -2.10. The fraction of sp³-hybridized carbons (Fsp3) is 0.500. The molecule has 1 N–H and O–H groups in total. The Labute approximate surface area is 102 Å². The third-order valence-electron chi connectivity index (χ3n) is 2.84. The molecule has 1 saturated heterocycles. The summed E-state index contributed by atoms with van der Waals surface area (Å²) in [5, 5.41) is 0. The van der Waals surface area contributed by atoms with Crippen LogP contribution in [0.15, 0.2) is 35.2 Å². The van der Waals surface area contributed by atoms with Crippen molar-refractivity contribution in [3.63, 3.8) is 0 Å². The monoisotopic (exact) mass is 255 g/mol. The first-order valence-electron chi connectivity index (χ1n) is 5.85. The van der Waals surface area contributed by atoms with Crippen molar-refractivity contribution in [3.8, 4) is 0 Å². The summed E-state index contributed by atoms with van der Waals surface area (Å²) in [5.41, 5.74) is 0. The van der Waals surface area contributed by atoms with Gasteiger partial charge in [0.15, 0.2) is 0 Å². The standard InChI is InChI=1S/C12H17NO3S/c14-17(15,12-6-2-1-3-7-12)13-9-8-11-5-4-10-16-11/h1-3,6-7,11,13H,4-5,8-10H2/t11-/m0/s1. The predicted octanol–water partition coefficient (Wildman–Crippen LogP) is 1.53. The van der Waals surface area contributed by atoms with Crippen LogP contribution in [0, 0.1) is 0 Å². The molecule has 0 aromatic heterocycles. The van der Waals surface area contributed by atoms with E-state index in [2.05, 4.69) is 4.72 Å². The van der Waals surface area contributed by atoms with E-state index < -0.39 is 10.0 Å². The maximum Gasteiger partial charge on any atom is 0.240 e. The van der Waals surface area contributed by atoms with E-state index in [1.54, 1.807) is 30.3 Å². The van der Waals surface area contributed by atoms with Crippen LogP contribution in [0.3, 0.4) is 0 Å². The first-order valence-corrected chi connectivity index (χ1v) is 7.33. The van der Waals surface area contributed by atoms with Gasteiger partial charge in [-0.2, -0.15) is 0 Å². The van der Waals surface area contributed by atoms with Gasteiger partial charge in [-0.3, -0.25) is 0 Å². The highest BCUT2D eigenvalue weighted by Gasteiger charge is 2.17. The van der Waals surface area contributed by atoms with E-state index in [4.69, 9.17) is 4.74 Å². The van der Waals surface area contributed by atoms with Crippen LogP contribution in [0.5, 0.6) is 0 Å². The van der Waals surface area contributed by atoms with Gasteiger partial charge in [0.25, 0.3) is 0 Å². The SMILES string of the molecule is O=S(=O)(NCC[C@@H]1CCCO1)c1ccccc1. The normalized spacial score (nSPS) is 20.6. The molecule has 1 fully saturated rings. The second-order valence-corrected chi connectivity index (χ2v) is 5.90. The van der Waals surface area contributed by atoms with Gasteiger partial charge in [-0.15, -0.1) is 0 Å². The molecule has 0 radical (unpaired) electrons. The Kier molecular flexibility index (Phi) is 4.15. The molecule has 1 aliphatic rings. The van der Waals surface area contributed by atoms with E-state index in [1.165, 1.54) is 0 Å². The Balaban J connectivity index is 1.85. The van der Waals surface area contributed by atoms with Crippen molar-refractivity contribution in [2.45, 2.75) is 30.3 Å². The molecule has 1 aliphatic heterocycles. The van der Waals surface area contributed by atoms with Crippen LogP contribution in [0.1, 0.15) is 19.3 Å². The highest BCUT2D eigenvalue weighted by atomic mass is 32.2. The number of nitrogens with one attached hydrogen (secondary N) is 1. The summed E-state index contributed by atoms with van der Waals surface area (Å²) in [6, 6.07) is 8.41. The van der Waals surface area contributed by atoms with Crippen LogP contribution in [-0.2, 0) is 14.8 Å². The van der Waals surface area contributed by atoms with Crippen LogP contribution >= 0.6 is 0 Å². The zero-order chi connectivity index (χ0) is 12.1. The first-order chi connectivity index (χ1) is 8.18. The molecule has 0 bridgehead atoms. The lowest BCUT2D eigenvalue weighted by Crippen LogP contribution is -2.27. The van der Waals surface area contributed by atoms with Crippen molar-refractivity contribution in [3.05, 3.63) is 30.3 Å². The van der Waals surface area contributed by atoms with Gasteiger partial charge in [0.1, 0.15) is 0 Å². The second-order valence-electron chi connectivity index (χ2n) is 4.13. The van der Waals surface area contributed by atoms with Gasteiger partial charge in [-0.1, -0.05) is 18.2 Å². The molecule has 1 atom stereocenters. The number of rotatable bonds is 5. The molecule has 5 heteroatoms. The van der Waals surface area contributed by atoms with Crippen LogP contribution in [0.25, 0.3) is 0 Å². The summed E-state index contributed by atoms with van der Waals surface area (Å²) in [6.07, 6.45) is 3.07. The van der Waals surface area contributed by atoms with Crippen molar-refractivity contribution in [2.75, 3.05) is 13.2 Å². The van der Waals surface area contributed by atoms with Gasteiger partial charge < -0.3 is 4.74 Å². The lowest BCUT2D eigenvalue weighted by atomic mass is 10.2. The van der Waals surface area contributed by atoms with Gasteiger partial charge >= 0.3 is 0 Å². The summed E-state index contributed by atoms with van der Waals surface area (Å²) < 4.78 is 31.7. The molecule has 0 saturated carbocycles. The molecule has 0 aliphatic carbocycles. The molecule has 0 spiro atoms. The van der Waals surface area contributed by atoms with Crippen molar-refractivity contribution >= 4 is 10.0 Å². The topological polar surface area (TPSA) is 55.4 Å². The quantitative estimate of drug-likeness (QED) is 0.868. The van der Waals surface area contributed by atoms with Crippen molar-refractivity contribution in [2.24, 2.45) is 0 Å². The van der Waals surface area contributed by atoms with Gasteiger partial charge in [-0.05, 0) is 31.4 Å². The number of hydrogen-bond acceptors (Lipinski definition) is 3. The Morgan fingerprint density at radius 2 is 2.06 bits per heavy atom. The smallest absolute Gasteiger partial charge is 0.240 e. The van der Waals surface area contributed by atoms with Gasteiger partial charge in [-0.25, -0.2) is 13.1 Å². The summed E-state index contributed by atoms with van der Waals surface area (Å²) in [5.74, 6) is 0. The molecule has 94 valence electrons. The predicted molar refractivity (Wildman–Crippen MR) is 65.2 cm³/mol. The zero-order valence-electron chi connectivity index (χ0n) is 9.63. The second kappa shape index (κ2) is 5.62.